The molecule has 0 aromatic carbocycles. The predicted molar refractivity (Wildman–Crippen MR) is 75.7 cm³/mol. The van der Waals surface area contributed by atoms with Crippen LogP contribution in [-0.4, -0.2) is 22.1 Å². The first kappa shape index (κ1) is 13.9. The van der Waals surface area contributed by atoms with Gasteiger partial charge in [-0.2, -0.15) is 0 Å². The van der Waals surface area contributed by atoms with E-state index in [1.54, 1.807) is 6.26 Å². The van der Waals surface area contributed by atoms with E-state index in [0.717, 1.165) is 18.6 Å². The highest BCUT2D eigenvalue weighted by Crippen LogP contribution is 2.16. The van der Waals surface area contributed by atoms with Crippen LogP contribution < -0.4 is 11.1 Å². The van der Waals surface area contributed by atoms with Crippen LogP contribution in [0.4, 0.5) is 11.5 Å². The number of hydrogen-bond acceptors (Lipinski definition) is 5. The Balaban J connectivity index is 1.95. The number of aromatic nitrogens is 1. The lowest BCUT2D eigenvalue weighted by Crippen LogP contribution is -2.17. The molecule has 0 aliphatic heterocycles. The molecule has 6 nitrogen and oxygen atoms in total. The number of aryl methyl sites for hydroxylation is 1. The monoisotopic (exact) mass is 275 g/mol. The first-order valence-corrected chi connectivity index (χ1v) is 6.34. The van der Waals surface area contributed by atoms with Gasteiger partial charge in [-0.25, -0.2) is 9.78 Å². The average molecular weight is 275 g/mol. The number of carboxylic acid groups (broad SMARTS) is 1. The van der Waals surface area contributed by atoms with Gasteiger partial charge in [0.25, 0.3) is 0 Å². The van der Waals surface area contributed by atoms with Crippen molar-refractivity contribution in [3.8, 4) is 0 Å². The lowest BCUT2D eigenvalue weighted by Gasteiger charge is -2.14. The number of nitrogens with two attached hydrogens (primary N) is 1. The van der Waals surface area contributed by atoms with Crippen LogP contribution in [0.1, 0.15) is 29.5 Å². The second-order valence-corrected chi connectivity index (χ2v) is 4.63. The topological polar surface area (TPSA) is 101 Å². The molecule has 0 amide bonds. The average Bonchev–Trinajstić information content (AvgIpc) is 2.91. The molecule has 2 rings (SSSR count). The van der Waals surface area contributed by atoms with Gasteiger partial charge in [0.1, 0.15) is 11.6 Å². The Morgan fingerprint density at radius 3 is 3.05 bits per heavy atom. The Hall–Kier alpha value is -2.50. The molecule has 0 saturated heterocycles. The molecule has 0 aliphatic carbocycles. The van der Waals surface area contributed by atoms with E-state index in [-0.39, 0.29) is 17.3 Å². The summed E-state index contributed by atoms with van der Waals surface area (Å²) in [4.78, 5) is 15.1. The summed E-state index contributed by atoms with van der Waals surface area (Å²) in [5.74, 6) is 0.370. The zero-order chi connectivity index (χ0) is 14.5. The van der Waals surface area contributed by atoms with Crippen molar-refractivity contribution in [2.45, 2.75) is 25.8 Å². The zero-order valence-electron chi connectivity index (χ0n) is 11.2. The summed E-state index contributed by atoms with van der Waals surface area (Å²) in [5, 5.41) is 12.2. The maximum absolute atomic E-state index is 11.0. The van der Waals surface area contributed by atoms with E-state index >= 15 is 0 Å². The van der Waals surface area contributed by atoms with Crippen molar-refractivity contribution in [1.82, 2.24) is 4.98 Å². The second kappa shape index (κ2) is 6.10. The van der Waals surface area contributed by atoms with Gasteiger partial charge in [0.15, 0.2) is 0 Å². The summed E-state index contributed by atoms with van der Waals surface area (Å²) >= 11 is 0. The number of nitrogens with one attached hydrogen (secondary N) is 1. The van der Waals surface area contributed by atoms with Gasteiger partial charge in [-0.05, 0) is 31.5 Å². The third kappa shape index (κ3) is 3.50. The summed E-state index contributed by atoms with van der Waals surface area (Å²) in [6.45, 7) is 2.00. The molecule has 0 fully saturated rings. The molecular formula is C14H17N3O3. The van der Waals surface area contributed by atoms with Crippen molar-refractivity contribution in [2.24, 2.45) is 0 Å². The Morgan fingerprint density at radius 2 is 2.40 bits per heavy atom. The highest BCUT2D eigenvalue weighted by Gasteiger charge is 2.11. The van der Waals surface area contributed by atoms with Crippen LogP contribution in [0.3, 0.4) is 0 Å². The van der Waals surface area contributed by atoms with Crippen LogP contribution >= 0.6 is 0 Å². The Morgan fingerprint density at radius 1 is 1.60 bits per heavy atom. The van der Waals surface area contributed by atoms with E-state index in [0.29, 0.717) is 5.82 Å². The largest absolute Gasteiger partial charge is 0.478 e. The minimum Gasteiger partial charge on any atom is -0.478 e. The molecule has 6 heteroatoms. The number of carbonyl (C=O) groups is 1. The van der Waals surface area contributed by atoms with Crippen LogP contribution in [0, 0.1) is 0 Å². The fourth-order valence-corrected chi connectivity index (χ4v) is 1.87. The summed E-state index contributed by atoms with van der Waals surface area (Å²) < 4.78 is 5.26. The first-order chi connectivity index (χ1) is 9.56. The van der Waals surface area contributed by atoms with Gasteiger partial charge < -0.3 is 20.6 Å². The third-order valence-corrected chi connectivity index (χ3v) is 2.96. The first-order valence-electron chi connectivity index (χ1n) is 6.34. The van der Waals surface area contributed by atoms with Gasteiger partial charge in [-0.3, -0.25) is 0 Å². The molecule has 106 valence electrons. The Labute approximate surface area is 116 Å². The normalized spacial score (nSPS) is 12.1. The number of anilines is 2. The van der Waals surface area contributed by atoms with Crippen LogP contribution in [0.15, 0.2) is 35.1 Å². The molecule has 0 radical (unpaired) electrons. The fourth-order valence-electron chi connectivity index (χ4n) is 1.87. The van der Waals surface area contributed by atoms with Gasteiger partial charge in [0.05, 0.1) is 23.7 Å². The van der Waals surface area contributed by atoms with Crippen molar-refractivity contribution in [3.63, 3.8) is 0 Å². The van der Waals surface area contributed by atoms with Crippen LogP contribution in [0.2, 0.25) is 0 Å². The minimum absolute atomic E-state index is 0.0562. The molecule has 0 saturated carbocycles. The van der Waals surface area contributed by atoms with Crippen LogP contribution in [0.25, 0.3) is 0 Å². The summed E-state index contributed by atoms with van der Waals surface area (Å²) in [5.41, 5.74) is 5.78. The van der Waals surface area contributed by atoms with E-state index in [1.165, 1.54) is 12.3 Å². The maximum atomic E-state index is 11.0. The lowest BCUT2D eigenvalue weighted by molar-refractivity contribution is 0.0698. The van der Waals surface area contributed by atoms with Gasteiger partial charge in [-0.15, -0.1) is 0 Å². The molecule has 4 N–H and O–H groups in total. The van der Waals surface area contributed by atoms with Crippen LogP contribution in [-0.2, 0) is 6.42 Å². The molecule has 20 heavy (non-hydrogen) atoms. The van der Waals surface area contributed by atoms with Crippen LogP contribution in [0.5, 0.6) is 0 Å². The van der Waals surface area contributed by atoms with Gasteiger partial charge >= 0.3 is 5.97 Å². The van der Waals surface area contributed by atoms with Gasteiger partial charge in [0.2, 0.25) is 0 Å². The quantitative estimate of drug-likeness (QED) is 0.748. The predicted octanol–water partition coefficient (Wildman–Crippen LogP) is 2.39. The third-order valence-electron chi connectivity index (χ3n) is 2.96. The van der Waals surface area contributed by atoms with E-state index in [9.17, 15) is 4.79 Å². The number of furan rings is 1. The van der Waals surface area contributed by atoms with E-state index < -0.39 is 5.97 Å². The highest BCUT2D eigenvalue weighted by molar-refractivity contribution is 5.94. The maximum Gasteiger partial charge on any atom is 0.337 e. The zero-order valence-corrected chi connectivity index (χ0v) is 11.2. The molecule has 0 bridgehead atoms. The van der Waals surface area contributed by atoms with Crippen molar-refractivity contribution in [1.29, 1.82) is 0 Å². The van der Waals surface area contributed by atoms with Crippen molar-refractivity contribution in [2.75, 3.05) is 11.1 Å². The second-order valence-electron chi connectivity index (χ2n) is 4.63. The van der Waals surface area contributed by atoms with Crippen molar-refractivity contribution >= 4 is 17.5 Å². The molecule has 2 aromatic heterocycles. The molecule has 1 unspecified atom stereocenters. The molecule has 2 aromatic rings. The summed E-state index contributed by atoms with van der Waals surface area (Å²) in [6, 6.07) is 5.36. The molecule has 0 aliphatic rings. The molecular weight excluding hydrogens is 258 g/mol. The minimum atomic E-state index is -1.06. The summed E-state index contributed by atoms with van der Waals surface area (Å²) in [6.07, 6.45) is 4.66. The molecule has 1 atom stereocenters. The number of carboxylic acids is 1. The number of pyridine rings is 1. The van der Waals surface area contributed by atoms with Gasteiger partial charge in [-0.1, -0.05) is 0 Å². The number of aromatic carboxylic acids is 1. The number of rotatable bonds is 6. The Kier molecular flexibility index (Phi) is 4.24. The van der Waals surface area contributed by atoms with E-state index in [2.05, 4.69) is 10.3 Å². The summed E-state index contributed by atoms with van der Waals surface area (Å²) in [7, 11) is 0. The Bertz CT molecular complexity index is 581. The highest BCUT2D eigenvalue weighted by atomic mass is 16.4. The van der Waals surface area contributed by atoms with E-state index in [1.807, 2.05) is 19.1 Å². The van der Waals surface area contributed by atoms with E-state index in [4.69, 9.17) is 15.3 Å². The number of hydrogen-bond donors (Lipinski definition) is 3. The fraction of sp³-hybridized carbons (Fsp3) is 0.286. The number of nitrogen functional groups attached to an aromatic ring is 1. The smallest absolute Gasteiger partial charge is 0.337 e. The SMILES string of the molecule is CC(CCc1ccco1)Nc1cc(C(=O)O)c(N)cn1. The standard InChI is InChI=1S/C14H17N3O3/c1-9(4-5-10-3-2-6-20-10)17-13-7-11(14(18)19)12(15)8-16-13/h2-3,6-9H,4-5,15H2,1H3,(H,16,17)(H,18,19). The van der Waals surface area contributed by atoms with Crippen molar-refractivity contribution in [3.05, 3.63) is 42.0 Å². The number of nitrogens with zero attached hydrogens (tertiary/aromatic N) is 1. The molecule has 0 spiro atoms. The lowest BCUT2D eigenvalue weighted by atomic mass is 10.1. The van der Waals surface area contributed by atoms with Crippen molar-refractivity contribution < 1.29 is 14.3 Å². The van der Waals surface area contributed by atoms with Gasteiger partial charge in [0, 0.05) is 12.5 Å². The molecule has 2 heterocycles.